The number of likely N-dealkylation sites (tertiary alicyclic amines) is 1. The number of rotatable bonds is 4. The first-order valence-corrected chi connectivity index (χ1v) is 6.34. The van der Waals surface area contributed by atoms with E-state index in [1.807, 2.05) is 4.90 Å². The normalized spacial score (nSPS) is 18.5. The van der Waals surface area contributed by atoms with Crippen LogP contribution in [0.15, 0.2) is 0 Å². The summed E-state index contributed by atoms with van der Waals surface area (Å²) in [6.07, 6.45) is 3.57. The highest BCUT2D eigenvalue weighted by Gasteiger charge is 2.23. The third-order valence-corrected chi connectivity index (χ3v) is 2.92. The zero-order chi connectivity index (χ0) is 12.8. The fourth-order valence-electron chi connectivity index (χ4n) is 2.04. The van der Waals surface area contributed by atoms with E-state index in [1.165, 1.54) is 6.42 Å². The molecule has 0 radical (unpaired) electrons. The number of halogens is 1. The zero-order valence-electron chi connectivity index (χ0n) is 11.1. The molecule has 6 heteroatoms. The average Bonchev–Trinajstić information content (AvgIpc) is 2.28. The molecule has 2 unspecified atom stereocenters. The molecule has 3 N–H and O–H groups in total. The van der Waals surface area contributed by atoms with Crippen molar-refractivity contribution >= 4 is 24.2 Å². The molecule has 1 saturated heterocycles. The second kappa shape index (κ2) is 8.32. The Labute approximate surface area is 115 Å². The summed E-state index contributed by atoms with van der Waals surface area (Å²) in [5.41, 5.74) is 5.53. The van der Waals surface area contributed by atoms with Gasteiger partial charge < -0.3 is 16.0 Å². The van der Waals surface area contributed by atoms with Crippen LogP contribution in [0.4, 0.5) is 0 Å². The molecule has 1 aliphatic rings. The van der Waals surface area contributed by atoms with Gasteiger partial charge in [-0.25, -0.2) is 0 Å². The molecule has 0 saturated carbocycles. The Morgan fingerprint density at radius 1 is 1.22 bits per heavy atom. The molecule has 0 aromatic carbocycles. The van der Waals surface area contributed by atoms with Gasteiger partial charge in [-0.2, -0.15) is 0 Å². The summed E-state index contributed by atoms with van der Waals surface area (Å²) >= 11 is 0. The molecule has 0 spiro atoms. The molecule has 1 fully saturated rings. The van der Waals surface area contributed by atoms with Crippen LogP contribution in [0.2, 0.25) is 0 Å². The molecule has 18 heavy (non-hydrogen) atoms. The van der Waals surface area contributed by atoms with E-state index in [9.17, 15) is 9.59 Å². The van der Waals surface area contributed by atoms with Crippen LogP contribution in [0.5, 0.6) is 0 Å². The average molecular weight is 278 g/mol. The molecule has 1 aliphatic heterocycles. The number of nitrogens with zero attached hydrogens (tertiary/aromatic N) is 1. The zero-order valence-corrected chi connectivity index (χ0v) is 12.0. The molecule has 106 valence electrons. The van der Waals surface area contributed by atoms with Crippen molar-refractivity contribution in [3.8, 4) is 0 Å². The van der Waals surface area contributed by atoms with Gasteiger partial charge in [0.25, 0.3) is 0 Å². The molecule has 5 nitrogen and oxygen atoms in total. The topological polar surface area (TPSA) is 75.4 Å². The van der Waals surface area contributed by atoms with Crippen LogP contribution in [0.1, 0.15) is 39.5 Å². The van der Waals surface area contributed by atoms with Crippen LogP contribution < -0.4 is 11.1 Å². The van der Waals surface area contributed by atoms with Crippen molar-refractivity contribution in [3.63, 3.8) is 0 Å². The predicted octanol–water partition coefficient (Wildman–Crippen LogP) is 0.663. The molecular formula is C12H24ClN3O2. The number of amides is 2. The van der Waals surface area contributed by atoms with Crippen molar-refractivity contribution in [2.24, 2.45) is 5.73 Å². The van der Waals surface area contributed by atoms with E-state index in [-0.39, 0.29) is 36.7 Å². The second-order valence-corrected chi connectivity index (χ2v) is 4.86. The van der Waals surface area contributed by atoms with Gasteiger partial charge in [-0.05, 0) is 33.1 Å². The molecule has 1 heterocycles. The molecule has 1 rings (SSSR count). The van der Waals surface area contributed by atoms with Crippen molar-refractivity contribution < 1.29 is 9.59 Å². The SMILES string of the molecule is CC(N)CC(=O)NC(C)C(=O)N1CCCCC1.Cl. The third kappa shape index (κ3) is 5.69. The summed E-state index contributed by atoms with van der Waals surface area (Å²) in [6.45, 7) is 5.13. The Morgan fingerprint density at radius 3 is 2.28 bits per heavy atom. The van der Waals surface area contributed by atoms with Crippen LogP contribution in [0.3, 0.4) is 0 Å². The molecule has 0 aromatic heterocycles. The van der Waals surface area contributed by atoms with Crippen molar-refractivity contribution in [1.82, 2.24) is 10.2 Å². The molecule has 2 amide bonds. The summed E-state index contributed by atoms with van der Waals surface area (Å²) in [7, 11) is 0. The van der Waals surface area contributed by atoms with E-state index < -0.39 is 6.04 Å². The summed E-state index contributed by atoms with van der Waals surface area (Å²) in [4.78, 5) is 25.3. The van der Waals surface area contributed by atoms with Gasteiger partial charge in [-0.1, -0.05) is 0 Å². The summed E-state index contributed by atoms with van der Waals surface area (Å²) in [5, 5.41) is 2.70. The highest BCUT2D eigenvalue weighted by molar-refractivity contribution is 5.87. The van der Waals surface area contributed by atoms with Gasteiger partial charge >= 0.3 is 0 Å². The quantitative estimate of drug-likeness (QED) is 0.793. The monoisotopic (exact) mass is 277 g/mol. The lowest BCUT2D eigenvalue weighted by molar-refractivity contribution is -0.136. The molecule has 0 aliphatic carbocycles. The maximum absolute atomic E-state index is 12.0. The van der Waals surface area contributed by atoms with Gasteiger partial charge in [0.05, 0.1) is 0 Å². The first kappa shape index (κ1) is 17.2. The number of nitrogens with one attached hydrogen (secondary N) is 1. The number of hydrogen-bond donors (Lipinski definition) is 2. The number of nitrogens with two attached hydrogens (primary N) is 1. The van der Waals surface area contributed by atoms with Crippen molar-refractivity contribution in [2.75, 3.05) is 13.1 Å². The predicted molar refractivity (Wildman–Crippen MR) is 73.6 cm³/mol. The minimum absolute atomic E-state index is 0. The minimum atomic E-state index is -0.445. The number of piperidine rings is 1. The maximum atomic E-state index is 12.0. The van der Waals surface area contributed by atoms with Crippen LogP contribution in [-0.4, -0.2) is 41.9 Å². The van der Waals surface area contributed by atoms with Gasteiger partial charge in [0.15, 0.2) is 0 Å². The third-order valence-electron chi connectivity index (χ3n) is 2.92. The fourth-order valence-corrected chi connectivity index (χ4v) is 2.04. The highest BCUT2D eigenvalue weighted by Crippen LogP contribution is 2.09. The minimum Gasteiger partial charge on any atom is -0.345 e. The second-order valence-electron chi connectivity index (χ2n) is 4.86. The Balaban J connectivity index is 0.00000289. The van der Waals surface area contributed by atoms with E-state index in [4.69, 9.17) is 5.73 Å². The molecular weight excluding hydrogens is 254 g/mol. The fraction of sp³-hybridized carbons (Fsp3) is 0.833. The van der Waals surface area contributed by atoms with Crippen LogP contribution in [0.25, 0.3) is 0 Å². The molecule has 0 bridgehead atoms. The van der Waals surface area contributed by atoms with Crippen molar-refractivity contribution in [2.45, 2.75) is 51.6 Å². The summed E-state index contributed by atoms with van der Waals surface area (Å²) in [5.74, 6) is -0.138. The number of carbonyl (C=O) groups is 2. The van der Waals surface area contributed by atoms with Gasteiger partial charge in [0.1, 0.15) is 6.04 Å². The Bertz CT molecular complexity index is 278. The van der Waals surface area contributed by atoms with E-state index in [1.54, 1.807) is 13.8 Å². The lowest BCUT2D eigenvalue weighted by Gasteiger charge is -2.29. The first-order valence-electron chi connectivity index (χ1n) is 6.34. The Morgan fingerprint density at radius 2 is 1.78 bits per heavy atom. The van der Waals surface area contributed by atoms with Crippen LogP contribution in [-0.2, 0) is 9.59 Å². The van der Waals surface area contributed by atoms with Crippen molar-refractivity contribution in [1.29, 1.82) is 0 Å². The maximum Gasteiger partial charge on any atom is 0.244 e. The lowest BCUT2D eigenvalue weighted by Crippen LogP contribution is -2.49. The van der Waals surface area contributed by atoms with Gasteiger partial charge in [-0.3, -0.25) is 9.59 Å². The van der Waals surface area contributed by atoms with E-state index in [0.717, 1.165) is 25.9 Å². The van der Waals surface area contributed by atoms with E-state index in [0.29, 0.717) is 0 Å². The Kier molecular flexibility index (Phi) is 7.95. The lowest BCUT2D eigenvalue weighted by atomic mass is 10.1. The number of hydrogen-bond acceptors (Lipinski definition) is 3. The standard InChI is InChI=1S/C12H23N3O2.ClH/c1-9(13)8-11(16)14-10(2)12(17)15-6-4-3-5-7-15;/h9-10H,3-8,13H2,1-2H3,(H,14,16);1H. The van der Waals surface area contributed by atoms with Gasteiger partial charge in [0.2, 0.25) is 11.8 Å². The number of carbonyl (C=O) groups excluding carboxylic acids is 2. The van der Waals surface area contributed by atoms with E-state index in [2.05, 4.69) is 5.32 Å². The van der Waals surface area contributed by atoms with Gasteiger partial charge in [0, 0.05) is 25.6 Å². The smallest absolute Gasteiger partial charge is 0.244 e. The summed E-state index contributed by atoms with van der Waals surface area (Å²) < 4.78 is 0. The molecule has 2 atom stereocenters. The van der Waals surface area contributed by atoms with Crippen LogP contribution in [0, 0.1) is 0 Å². The van der Waals surface area contributed by atoms with E-state index >= 15 is 0 Å². The van der Waals surface area contributed by atoms with Gasteiger partial charge in [-0.15, -0.1) is 12.4 Å². The van der Waals surface area contributed by atoms with Crippen LogP contribution >= 0.6 is 12.4 Å². The molecule has 0 aromatic rings. The largest absolute Gasteiger partial charge is 0.345 e. The first-order chi connectivity index (χ1) is 8.00. The highest BCUT2D eigenvalue weighted by atomic mass is 35.5. The Hall–Kier alpha value is -0.810. The van der Waals surface area contributed by atoms with Crippen molar-refractivity contribution in [3.05, 3.63) is 0 Å². The summed E-state index contributed by atoms with van der Waals surface area (Å²) in [6, 6.07) is -0.619.